The molecule has 0 amide bonds. The van der Waals surface area contributed by atoms with Gasteiger partial charge in [-0.3, -0.25) is 0 Å². The quantitative estimate of drug-likeness (QED) is 0.468. The number of hydrogen-bond donors (Lipinski definition) is 0. The van der Waals surface area contributed by atoms with Crippen LogP contribution in [0, 0.1) is 32.1 Å². The lowest BCUT2D eigenvalue weighted by Gasteiger charge is -2.07. The zero-order chi connectivity index (χ0) is 17.7. The fraction of sp³-hybridized carbons (Fsp3) is 0.182. The molecule has 0 fully saturated rings. The van der Waals surface area contributed by atoms with Gasteiger partial charge in [0.1, 0.15) is 18.2 Å². The molecule has 0 aliphatic rings. The predicted molar refractivity (Wildman–Crippen MR) is 99.3 cm³/mol. The van der Waals surface area contributed by atoms with E-state index >= 15 is 0 Å². The molecule has 0 aliphatic heterocycles. The van der Waals surface area contributed by atoms with Gasteiger partial charge in [0.25, 0.3) is 0 Å². The Morgan fingerprint density at radius 2 is 1.72 bits per heavy atom. The highest BCUT2D eigenvalue weighted by Gasteiger charge is 2.23. The lowest BCUT2D eigenvalue weighted by atomic mass is 9.95. The third kappa shape index (κ3) is 2.15. The molecule has 0 radical (unpaired) electrons. The minimum absolute atomic E-state index is 0.662. The number of benzene rings is 2. The molecule has 2 heterocycles. The van der Waals surface area contributed by atoms with Gasteiger partial charge < -0.3 is 4.42 Å². The molecule has 0 bridgehead atoms. The fourth-order valence-corrected chi connectivity index (χ4v) is 3.73. The normalized spacial score (nSPS) is 11.2. The SMILES string of the molecule is Cc1cc(C)c2c(oc3c(C)ccc(C#N)c32)c1-c1cccc[n+]1C. The van der Waals surface area contributed by atoms with Gasteiger partial charge in [0.15, 0.2) is 6.20 Å². The van der Waals surface area contributed by atoms with Crippen molar-refractivity contribution in [3.8, 4) is 17.3 Å². The van der Waals surface area contributed by atoms with Crippen molar-refractivity contribution in [3.63, 3.8) is 0 Å². The summed E-state index contributed by atoms with van der Waals surface area (Å²) in [5, 5.41) is 11.6. The van der Waals surface area contributed by atoms with Crippen molar-refractivity contribution in [2.45, 2.75) is 20.8 Å². The van der Waals surface area contributed by atoms with Crippen LogP contribution in [0.3, 0.4) is 0 Å². The Balaban J connectivity index is 2.28. The molecule has 122 valence electrons. The highest BCUT2D eigenvalue weighted by atomic mass is 16.3. The van der Waals surface area contributed by atoms with E-state index in [2.05, 4.69) is 36.6 Å². The molecule has 2 aromatic heterocycles. The second-order valence-corrected chi connectivity index (χ2v) is 6.63. The van der Waals surface area contributed by atoms with Gasteiger partial charge in [0, 0.05) is 22.9 Å². The summed E-state index contributed by atoms with van der Waals surface area (Å²) >= 11 is 0. The first-order chi connectivity index (χ1) is 12.0. The Hall–Kier alpha value is -3.12. The first-order valence-electron chi connectivity index (χ1n) is 8.34. The summed E-state index contributed by atoms with van der Waals surface area (Å²) in [6, 6.07) is 14.5. The zero-order valence-electron chi connectivity index (χ0n) is 14.8. The summed E-state index contributed by atoms with van der Waals surface area (Å²) in [6.45, 7) is 6.22. The first-order valence-corrected chi connectivity index (χ1v) is 8.34. The average molecular weight is 327 g/mol. The molecule has 3 nitrogen and oxygen atoms in total. The third-order valence-electron chi connectivity index (χ3n) is 4.92. The monoisotopic (exact) mass is 327 g/mol. The maximum atomic E-state index is 9.58. The van der Waals surface area contributed by atoms with E-state index in [1.807, 2.05) is 44.4 Å². The zero-order valence-corrected chi connectivity index (χ0v) is 14.8. The molecule has 3 heteroatoms. The van der Waals surface area contributed by atoms with Gasteiger partial charge in [-0.25, -0.2) is 4.57 Å². The molecule has 0 N–H and O–H groups in total. The minimum atomic E-state index is 0.662. The van der Waals surface area contributed by atoms with E-state index < -0.39 is 0 Å². The molecule has 0 atom stereocenters. The number of nitrogens with zero attached hydrogens (tertiary/aromatic N) is 2. The Morgan fingerprint density at radius 3 is 2.44 bits per heavy atom. The second-order valence-electron chi connectivity index (χ2n) is 6.63. The van der Waals surface area contributed by atoms with Crippen LogP contribution in [0.15, 0.2) is 47.0 Å². The molecule has 0 unspecified atom stereocenters. The van der Waals surface area contributed by atoms with Crippen molar-refractivity contribution >= 4 is 21.9 Å². The van der Waals surface area contributed by atoms with Crippen molar-refractivity contribution in [1.82, 2.24) is 0 Å². The Labute approximate surface area is 146 Å². The molecule has 25 heavy (non-hydrogen) atoms. The van der Waals surface area contributed by atoms with Crippen LogP contribution in [0.25, 0.3) is 33.2 Å². The first kappa shape index (κ1) is 15.4. The molecule has 4 rings (SSSR count). The van der Waals surface area contributed by atoms with Crippen LogP contribution in [0.5, 0.6) is 0 Å². The van der Waals surface area contributed by atoms with Crippen LogP contribution in [0.2, 0.25) is 0 Å². The van der Waals surface area contributed by atoms with E-state index in [0.717, 1.165) is 44.3 Å². The van der Waals surface area contributed by atoms with Crippen LogP contribution in [0.4, 0.5) is 0 Å². The van der Waals surface area contributed by atoms with Gasteiger partial charge in [-0.15, -0.1) is 0 Å². The number of aromatic nitrogens is 1. The van der Waals surface area contributed by atoms with Gasteiger partial charge in [-0.1, -0.05) is 12.1 Å². The van der Waals surface area contributed by atoms with Gasteiger partial charge >= 0.3 is 0 Å². The average Bonchev–Trinajstić information content (AvgIpc) is 2.98. The smallest absolute Gasteiger partial charge is 0.216 e. The lowest BCUT2D eigenvalue weighted by molar-refractivity contribution is -0.660. The molecular formula is C22H19N2O+. The summed E-state index contributed by atoms with van der Waals surface area (Å²) in [5.41, 5.74) is 7.86. The number of pyridine rings is 1. The van der Waals surface area contributed by atoms with Gasteiger partial charge in [0.05, 0.1) is 17.2 Å². The Bertz CT molecular complexity index is 1190. The standard InChI is InChI=1S/C22H19N2O/c1-13-8-9-16(12-23)20-19-15(3)11-14(2)18(22(19)25-21(13)20)17-7-5-6-10-24(17)4/h5-11H,1-4H3/q+1. The molecule has 0 saturated heterocycles. The molecule has 4 aromatic rings. The van der Waals surface area contributed by atoms with E-state index in [1.165, 1.54) is 5.56 Å². The Kier molecular flexibility index (Phi) is 3.36. The molecule has 0 saturated carbocycles. The largest absolute Gasteiger partial charge is 0.455 e. The third-order valence-corrected chi connectivity index (χ3v) is 4.92. The highest BCUT2D eigenvalue weighted by Crippen LogP contribution is 2.41. The predicted octanol–water partition coefficient (Wildman–Crippen LogP) is 4.87. The molecule has 0 spiro atoms. The summed E-state index contributed by atoms with van der Waals surface area (Å²) in [4.78, 5) is 0. The van der Waals surface area contributed by atoms with Gasteiger partial charge in [-0.2, -0.15) is 5.26 Å². The molecule has 0 aliphatic carbocycles. The summed E-state index contributed by atoms with van der Waals surface area (Å²) in [7, 11) is 2.04. The van der Waals surface area contributed by atoms with Gasteiger partial charge in [-0.05, 0) is 49.6 Å². The van der Waals surface area contributed by atoms with Crippen molar-refractivity contribution in [1.29, 1.82) is 5.26 Å². The van der Waals surface area contributed by atoms with Crippen LogP contribution in [0.1, 0.15) is 22.3 Å². The van der Waals surface area contributed by atoms with E-state index in [-0.39, 0.29) is 0 Å². The number of rotatable bonds is 1. The summed E-state index contributed by atoms with van der Waals surface area (Å²) in [5.74, 6) is 0. The molecular weight excluding hydrogens is 308 g/mol. The fourth-order valence-electron chi connectivity index (χ4n) is 3.73. The molecule has 2 aromatic carbocycles. The highest BCUT2D eigenvalue weighted by molar-refractivity contribution is 6.14. The Morgan fingerprint density at radius 1 is 0.920 bits per heavy atom. The number of aryl methyl sites for hydroxylation is 4. The van der Waals surface area contributed by atoms with Crippen molar-refractivity contribution < 1.29 is 8.98 Å². The maximum Gasteiger partial charge on any atom is 0.216 e. The van der Waals surface area contributed by atoms with Crippen molar-refractivity contribution in [3.05, 3.63) is 64.8 Å². The van der Waals surface area contributed by atoms with E-state index in [1.54, 1.807) is 0 Å². The van der Waals surface area contributed by atoms with Crippen molar-refractivity contribution in [2.75, 3.05) is 0 Å². The van der Waals surface area contributed by atoms with E-state index in [4.69, 9.17) is 4.42 Å². The summed E-state index contributed by atoms with van der Waals surface area (Å²) < 4.78 is 8.46. The van der Waals surface area contributed by atoms with Gasteiger partial charge in [0.2, 0.25) is 5.69 Å². The topological polar surface area (TPSA) is 40.8 Å². The van der Waals surface area contributed by atoms with Crippen LogP contribution < -0.4 is 4.57 Å². The van der Waals surface area contributed by atoms with E-state index in [9.17, 15) is 5.26 Å². The lowest BCUT2D eigenvalue weighted by Crippen LogP contribution is -2.30. The number of nitriles is 1. The van der Waals surface area contributed by atoms with Crippen LogP contribution >= 0.6 is 0 Å². The minimum Gasteiger partial charge on any atom is -0.455 e. The maximum absolute atomic E-state index is 9.58. The number of fused-ring (bicyclic) bond motifs is 3. The van der Waals surface area contributed by atoms with Crippen LogP contribution in [-0.4, -0.2) is 0 Å². The van der Waals surface area contributed by atoms with E-state index in [0.29, 0.717) is 5.56 Å². The van der Waals surface area contributed by atoms with Crippen LogP contribution in [-0.2, 0) is 7.05 Å². The second kappa shape index (κ2) is 5.46. The number of furan rings is 1. The van der Waals surface area contributed by atoms with Crippen molar-refractivity contribution in [2.24, 2.45) is 7.05 Å². The summed E-state index contributed by atoms with van der Waals surface area (Å²) in [6.07, 6.45) is 2.04. The number of hydrogen-bond acceptors (Lipinski definition) is 2.